The number of carbonyl (C=O) groups is 1. The van der Waals surface area contributed by atoms with Crippen molar-refractivity contribution in [1.82, 2.24) is 24.8 Å². The number of phosphoric ester groups is 1. The van der Waals surface area contributed by atoms with Crippen LogP contribution in [0.1, 0.15) is 40.3 Å². The highest BCUT2D eigenvalue weighted by Crippen LogP contribution is 2.58. The third kappa shape index (κ3) is 5.88. The number of nitrogens with two attached hydrogens (primary N) is 1. The zero-order valence-electron chi connectivity index (χ0n) is 22.1. The molecule has 0 aromatic carbocycles. The number of anilines is 1. The van der Waals surface area contributed by atoms with Crippen molar-refractivity contribution < 1.29 is 47.7 Å². The van der Waals surface area contributed by atoms with Crippen molar-refractivity contribution in [3.8, 4) is 5.88 Å². The second kappa shape index (κ2) is 11.2. The van der Waals surface area contributed by atoms with E-state index in [0.717, 1.165) is 0 Å². The Morgan fingerprint density at radius 3 is 2.87 bits per heavy atom. The molecule has 0 unspecified atom stereocenters. The molecule has 2 aliphatic rings. The summed E-state index contributed by atoms with van der Waals surface area (Å²) < 4.78 is 42.5. The molecule has 2 saturated heterocycles. The van der Waals surface area contributed by atoms with Gasteiger partial charge in [-0.1, -0.05) is 13.8 Å². The largest absolute Gasteiger partial charge is 0.476 e. The maximum Gasteiger partial charge on any atom is 0.475 e. The summed E-state index contributed by atoms with van der Waals surface area (Å²) in [5.41, 5.74) is 3.72. The van der Waals surface area contributed by atoms with Crippen molar-refractivity contribution >= 4 is 30.8 Å². The minimum atomic E-state index is -4.08. The third-order valence-corrected chi connectivity index (χ3v) is 8.01. The van der Waals surface area contributed by atoms with Gasteiger partial charge in [-0.05, 0) is 20.3 Å². The molecule has 0 spiro atoms. The number of hydrogen-bond acceptors (Lipinski definition) is 14. The van der Waals surface area contributed by atoms with Gasteiger partial charge in [-0.25, -0.2) is 9.55 Å². The molecule has 6 atom stereocenters. The molecule has 16 nitrogen and oxygen atoms in total. The number of ether oxygens (including phenoxy) is 2. The van der Waals surface area contributed by atoms with Crippen LogP contribution < -0.4 is 15.8 Å². The van der Waals surface area contributed by atoms with Crippen LogP contribution in [0.3, 0.4) is 0 Å². The fourth-order valence-electron chi connectivity index (χ4n) is 4.26. The van der Waals surface area contributed by atoms with Crippen LogP contribution in [0.2, 0.25) is 0 Å². The highest BCUT2D eigenvalue weighted by atomic mass is 31.2. The molecule has 0 saturated carbocycles. The summed E-state index contributed by atoms with van der Waals surface area (Å²) in [6.07, 6.45) is -2.69. The molecule has 6 N–H and O–H groups in total. The van der Waals surface area contributed by atoms with E-state index in [0.29, 0.717) is 12.1 Å². The number of nitrogens with one attached hydrogen (secondary N) is 1. The van der Waals surface area contributed by atoms with Crippen LogP contribution in [0.4, 0.5) is 5.95 Å². The summed E-state index contributed by atoms with van der Waals surface area (Å²) in [4.78, 5) is 24.6. The molecule has 2 aromatic heterocycles. The normalized spacial score (nSPS) is 29.8. The molecule has 4 rings (SSSR count). The van der Waals surface area contributed by atoms with Crippen LogP contribution >= 0.6 is 7.82 Å². The summed E-state index contributed by atoms with van der Waals surface area (Å²) >= 11 is 0. The first-order valence-corrected chi connectivity index (χ1v) is 13.9. The zero-order chi connectivity index (χ0) is 28.6. The summed E-state index contributed by atoms with van der Waals surface area (Å²) in [5, 5.41) is 33.3. The number of hydrogen-bond donors (Lipinski definition) is 5. The summed E-state index contributed by atoms with van der Waals surface area (Å²) in [7, 11) is -4.08. The van der Waals surface area contributed by atoms with E-state index in [9.17, 15) is 24.7 Å². The van der Waals surface area contributed by atoms with Crippen molar-refractivity contribution in [3.63, 3.8) is 0 Å². The van der Waals surface area contributed by atoms with Gasteiger partial charge in [0.05, 0.1) is 32.8 Å². The average molecular weight is 575 g/mol. The Balaban J connectivity index is 1.38. The molecule has 1 amide bonds. The van der Waals surface area contributed by atoms with Gasteiger partial charge in [0.1, 0.15) is 23.9 Å². The SMILES string of the molecule is CCOc1nc(N)nc2c1ncn2[C@@H]1O[C@@H]2CO[P@@](=O)(OCCCNC(=O)[C@@H](O)C(C)(C)CO)O[C@H]2[C@@]1(C)O. The van der Waals surface area contributed by atoms with Gasteiger partial charge in [-0.15, -0.1) is 0 Å². The maximum atomic E-state index is 13.1. The third-order valence-electron chi connectivity index (χ3n) is 6.56. The number of aliphatic hydroxyl groups excluding tert-OH is 2. The Morgan fingerprint density at radius 2 is 2.18 bits per heavy atom. The highest BCUT2D eigenvalue weighted by Gasteiger charge is 2.60. The van der Waals surface area contributed by atoms with Crippen LogP contribution in [0.25, 0.3) is 11.2 Å². The van der Waals surface area contributed by atoms with Gasteiger partial charge < -0.3 is 35.8 Å². The molecule has 2 aliphatic heterocycles. The van der Waals surface area contributed by atoms with Crippen LogP contribution in [-0.4, -0.2) is 97.6 Å². The number of phosphoric acid groups is 1. The lowest BCUT2D eigenvalue weighted by Gasteiger charge is -2.35. The van der Waals surface area contributed by atoms with Gasteiger partial charge in [-0.2, -0.15) is 9.97 Å². The van der Waals surface area contributed by atoms with Crippen molar-refractivity contribution in [2.45, 2.75) is 64.3 Å². The maximum absolute atomic E-state index is 13.1. The predicted octanol–water partition coefficient (Wildman–Crippen LogP) is -0.119. The van der Waals surface area contributed by atoms with Crippen molar-refractivity contribution in [2.24, 2.45) is 5.41 Å². The number of nitrogen functional groups attached to an aromatic ring is 1. The number of rotatable bonds is 11. The van der Waals surface area contributed by atoms with Crippen LogP contribution in [0.15, 0.2) is 6.33 Å². The number of aromatic nitrogens is 4. The van der Waals surface area contributed by atoms with Gasteiger partial charge in [-0.3, -0.25) is 22.9 Å². The quantitative estimate of drug-likeness (QED) is 0.174. The number of fused-ring (bicyclic) bond motifs is 2. The van der Waals surface area contributed by atoms with E-state index in [1.165, 1.54) is 17.8 Å². The molecule has 39 heavy (non-hydrogen) atoms. The minimum Gasteiger partial charge on any atom is -0.476 e. The van der Waals surface area contributed by atoms with Crippen LogP contribution in [0, 0.1) is 5.41 Å². The first-order chi connectivity index (χ1) is 18.3. The Kier molecular flexibility index (Phi) is 8.50. The van der Waals surface area contributed by atoms with E-state index in [-0.39, 0.29) is 50.3 Å². The molecule has 0 radical (unpaired) electrons. The minimum absolute atomic E-state index is 0.0527. The lowest BCUT2D eigenvalue weighted by atomic mass is 9.87. The molecule has 0 aliphatic carbocycles. The number of amides is 1. The number of carbonyl (C=O) groups excluding carboxylic acids is 1. The van der Waals surface area contributed by atoms with Gasteiger partial charge >= 0.3 is 7.82 Å². The number of aliphatic hydroxyl groups is 3. The number of nitrogens with zero attached hydrogens (tertiary/aromatic N) is 4. The van der Waals surface area contributed by atoms with E-state index < -0.39 is 49.3 Å². The molecular formula is C22H35N6O10P. The fourth-order valence-corrected chi connectivity index (χ4v) is 5.76. The van der Waals surface area contributed by atoms with Gasteiger partial charge in [0.25, 0.3) is 0 Å². The van der Waals surface area contributed by atoms with Crippen molar-refractivity contribution in [1.29, 1.82) is 0 Å². The molecule has 0 bridgehead atoms. The second-order valence-electron chi connectivity index (χ2n) is 10.2. The Morgan fingerprint density at radius 1 is 1.44 bits per heavy atom. The molecule has 218 valence electrons. The zero-order valence-corrected chi connectivity index (χ0v) is 23.0. The monoisotopic (exact) mass is 574 g/mol. The predicted molar refractivity (Wildman–Crippen MR) is 134 cm³/mol. The topological polar surface area (TPSA) is 223 Å². The fraction of sp³-hybridized carbons (Fsp3) is 0.727. The standard InChI is InChI=1S/C22H35N6O10P/c1-5-34-18-13-16(26-20(23)27-18)28(11-25-13)19-22(4,32)15-12(37-19)9-36-39(33,38-15)35-8-6-7-24-17(31)14(30)21(2,3)10-29/h11-12,14-15,19,29-30,32H,5-10H2,1-4H3,(H,24,31)(H2,23,26,27)/t12-,14-,15-,19-,22-,39-/m1/s1. The first kappa shape index (κ1) is 29.6. The lowest BCUT2D eigenvalue weighted by Crippen LogP contribution is -2.47. The molecule has 4 heterocycles. The van der Waals surface area contributed by atoms with E-state index >= 15 is 0 Å². The summed E-state index contributed by atoms with van der Waals surface area (Å²) in [6, 6.07) is 0. The summed E-state index contributed by atoms with van der Waals surface area (Å²) in [5.74, 6) is -0.511. The van der Waals surface area contributed by atoms with Crippen LogP contribution in [0.5, 0.6) is 5.88 Å². The summed E-state index contributed by atoms with van der Waals surface area (Å²) in [6.45, 7) is 6.14. The Bertz CT molecular complexity index is 1240. The van der Waals surface area contributed by atoms with Crippen molar-refractivity contribution in [2.75, 3.05) is 38.7 Å². The Labute approximate surface area is 224 Å². The van der Waals surface area contributed by atoms with E-state index in [1.54, 1.807) is 20.8 Å². The van der Waals surface area contributed by atoms with Crippen molar-refractivity contribution in [3.05, 3.63) is 6.33 Å². The molecule has 2 aromatic rings. The van der Waals surface area contributed by atoms with E-state index in [2.05, 4.69) is 20.3 Å². The lowest BCUT2D eigenvalue weighted by molar-refractivity contribution is -0.137. The van der Waals surface area contributed by atoms with Gasteiger partial charge in [0.15, 0.2) is 17.4 Å². The second-order valence-corrected chi connectivity index (χ2v) is 11.8. The number of imidazole rings is 1. The van der Waals surface area contributed by atoms with E-state index in [4.69, 9.17) is 28.8 Å². The average Bonchev–Trinajstić information content (AvgIpc) is 3.40. The first-order valence-electron chi connectivity index (χ1n) is 12.5. The molecule has 2 fully saturated rings. The molecule has 17 heteroatoms. The molecular weight excluding hydrogens is 539 g/mol. The van der Waals surface area contributed by atoms with Gasteiger partial charge in [0.2, 0.25) is 17.7 Å². The van der Waals surface area contributed by atoms with E-state index in [1.807, 2.05) is 0 Å². The Hall–Kier alpha value is -2.43. The smallest absolute Gasteiger partial charge is 0.475 e. The van der Waals surface area contributed by atoms with Crippen LogP contribution in [-0.2, 0) is 27.7 Å². The van der Waals surface area contributed by atoms with Gasteiger partial charge in [0, 0.05) is 12.0 Å². The highest BCUT2D eigenvalue weighted by molar-refractivity contribution is 7.48.